The van der Waals surface area contributed by atoms with Crippen LogP contribution >= 0.6 is 23.2 Å². The Hall–Kier alpha value is -3.69. The van der Waals surface area contributed by atoms with Gasteiger partial charge in [0.1, 0.15) is 5.69 Å². The molecule has 5 aromatic rings. The minimum Gasteiger partial charge on any atom is -0.333 e. The van der Waals surface area contributed by atoms with Gasteiger partial charge in [-0.05, 0) is 48.9 Å². The fourth-order valence-corrected chi connectivity index (χ4v) is 4.49. The summed E-state index contributed by atoms with van der Waals surface area (Å²) in [6.45, 7) is 1.48. The van der Waals surface area contributed by atoms with Gasteiger partial charge in [-0.2, -0.15) is 18.2 Å². The molecule has 0 saturated carbocycles. The maximum Gasteiger partial charge on any atom is 0.432 e. The monoisotopic (exact) mass is 530 g/mol. The predicted octanol–water partition coefficient (Wildman–Crippen LogP) is 7.00. The van der Waals surface area contributed by atoms with Gasteiger partial charge in [0.2, 0.25) is 11.6 Å². The van der Waals surface area contributed by atoms with Crippen LogP contribution in [-0.4, -0.2) is 25.5 Å². The zero-order valence-corrected chi connectivity index (χ0v) is 20.0. The third-order valence-electron chi connectivity index (χ3n) is 5.61. The first-order valence-corrected chi connectivity index (χ1v) is 11.3. The van der Waals surface area contributed by atoms with Crippen LogP contribution in [0.4, 0.5) is 13.2 Å². The molecule has 6 nitrogen and oxygen atoms in total. The predicted molar refractivity (Wildman–Crippen MR) is 128 cm³/mol. The van der Waals surface area contributed by atoms with Gasteiger partial charge in [-0.3, -0.25) is 9.78 Å². The molecule has 0 N–H and O–H groups in total. The zero-order valence-electron chi connectivity index (χ0n) is 18.5. The minimum absolute atomic E-state index is 0.0119. The van der Waals surface area contributed by atoms with E-state index < -0.39 is 29.0 Å². The number of aromatic nitrogens is 4. The van der Waals surface area contributed by atoms with Crippen LogP contribution in [0.15, 0.2) is 65.4 Å². The molecule has 0 aliphatic heterocycles. The third-order valence-corrected chi connectivity index (χ3v) is 6.20. The van der Waals surface area contributed by atoms with Gasteiger partial charge in [-0.25, -0.2) is 0 Å². The number of benzene rings is 2. The van der Waals surface area contributed by atoms with Crippen LogP contribution in [-0.2, 0) is 12.7 Å². The molecule has 182 valence electrons. The van der Waals surface area contributed by atoms with Gasteiger partial charge in [-0.15, -0.1) is 0 Å². The molecule has 36 heavy (non-hydrogen) atoms. The molecule has 11 heteroatoms. The van der Waals surface area contributed by atoms with E-state index in [-0.39, 0.29) is 28.4 Å². The van der Waals surface area contributed by atoms with Crippen LogP contribution in [0, 0.1) is 6.92 Å². The molecule has 0 amide bonds. The van der Waals surface area contributed by atoms with E-state index in [9.17, 15) is 18.0 Å². The van der Waals surface area contributed by atoms with Gasteiger partial charge in [0, 0.05) is 45.5 Å². The Bertz CT molecular complexity index is 1610. The van der Waals surface area contributed by atoms with Crippen molar-refractivity contribution in [3.63, 3.8) is 0 Å². The lowest BCUT2D eigenvalue weighted by atomic mass is 10.0. The molecule has 0 atom stereocenters. The van der Waals surface area contributed by atoms with Crippen molar-refractivity contribution >= 4 is 39.9 Å². The summed E-state index contributed by atoms with van der Waals surface area (Å²) in [5.41, 5.74) is 0.0752. The standard InChI is InChI=1S/C25H15Cl2F3N4O2/c1-13-2-5-19-17(10-13)20(21(35)23-32-24(36-33-23)14-6-8-31-9-7-14)22(25(28,29)30)34(19)12-15-3-4-16(26)11-18(15)27/h2-11H,12H2,1H3. The summed E-state index contributed by atoms with van der Waals surface area (Å²) in [7, 11) is 0. The van der Waals surface area contributed by atoms with Gasteiger partial charge in [0.15, 0.2) is 0 Å². The summed E-state index contributed by atoms with van der Waals surface area (Å²) in [5, 5.41) is 4.35. The van der Waals surface area contributed by atoms with Crippen molar-refractivity contribution < 1.29 is 22.5 Å². The van der Waals surface area contributed by atoms with Crippen molar-refractivity contribution in [3.8, 4) is 11.5 Å². The molecular weight excluding hydrogens is 516 g/mol. The molecule has 0 radical (unpaired) electrons. The number of nitrogens with zero attached hydrogens (tertiary/aromatic N) is 4. The van der Waals surface area contributed by atoms with Crippen LogP contribution < -0.4 is 0 Å². The SMILES string of the molecule is Cc1ccc2c(c1)c(C(=O)c1noc(-c3ccncc3)n1)c(C(F)(F)F)n2Cc1ccc(Cl)cc1Cl. The number of halogens is 5. The molecule has 3 aromatic heterocycles. The minimum atomic E-state index is -4.88. The van der Waals surface area contributed by atoms with Gasteiger partial charge < -0.3 is 9.09 Å². The second kappa shape index (κ2) is 9.07. The summed E-state index contributed by atoms with van der Waals surface area (Å²) in [6.07, 6.45) is -1.91. The van der Waals surface area contributed by atoms with Crippen molar-refractivity contribution in [3.05, 3.63) is 99.2 Å². The van der Waals surface area contributed by atoms with Crippen molar-refractivity contribution in [1.82, 2.24) is 19.7 Å². The van der Waals surface area contributed by atoms with Crippen molar-refractivity contribution in [1.29, 1.82) is 0 Å². The van der Waals surface area contributed by atoms with Crippen molar-refractivity contribution in [2.24, 2.45) is 0 Å². The number of pyridine rings is 1. The van der Waals surface area contributed by atoms with E-state index in [0.717, 1.165) is 4.57 Å². The number of hydrogen-bond donors (Lipinski definition) is 0. The van der Waals surface area contributed by atoms with Crippen LogP contribution in [0.1, 0.15) is 33.0 Å². The average Bonchev–Trinajstić information content (AvgIpc) is 3.44. The summed E-state index contributed by atoms with van der Waals surface area (Å²) >= 11 is 12.2. The molecule has 0 saturated heterocycles. The summed E-state index contributed by atoms with van der Waals surface area (Å²) < 4.78 is 49.9. The van der Waals surface area contributed by atoms with E-state index in [2.05, 4.69) is 15.1 Å². The summed E-state index contributed by atoms with van der Waals surface area (Å²) in [6, 6.07) is 12.4. The fourth-order valence-electron chi connectivity index (χ4n) is 4.02. The first-order valence-electron chi connectivity index (χ1n) is 10.6. The first kappa shape index (κ1) is 24.0. The van der Waals surface area contributed by atoms with E-state index in [1.165, 1.54) is 30.6 Å². The van der Waals surface area contributed by atoms with E-state index in [1.807, 2.05) is 0 Å². The van der Waals surface area contributed by atoms with Crippen molar-refractivity contribution in [2.45, 2.75) is 19.6 Å². The Morgan fingerprint density at radius 1 is 1.06 bits per heavy atom. The lowest BCUT2D eigenvalue weighted by Crippen LogP contribution is -2.19. The maximum absolute atomic E-state index is 14.6. The second-order valence-electron chi connectivity index (χ2n) is 8.05. The van der Waals surface area contributed by atoms with Gasteiger partial charge in [-0.1, -0.05) is 46.1 Å². The Morgan fingerprint density at radius 2 is 1.81 bits per heavy atom. The Balaban J connectivity index is 1.71. The highest BCUT2D eigenvalue weighted by Gasteiger charge is 2.42. The quantitative estimate of drug-likeness (QED) is 0.229. The molecule has 2 aromatic carbocycles. The topological polar surface area (TPSA) is 73.8 Å². The van der Waals surface area contributed by atoms with Crippen molar-refractivity contribution in [2.75, 3.05) is 0 Å². The number of ketones is 1. The highest BCUT2D eigenvalue weighted by Crippen LogP contribution is 2.40. The van der Waals surface area contributed by atoms with Crippen LogP contribution in [0.5, 0.6) is 0 Å². The first-order chi connectivity index (χ1) is 17.1. The largest absolute Gasteiger partial charge is 0.432 e. The molecule has 0 spiro atoms. The van der Waals surface area contributed by atoms with Gasteiger partial charge in [0.25, 0.3) is 5.89 Å². The molecular formula is C25H15Cl2F3N4O2. The number of carbonyl (C=O) groups is 1. The van der Waals surface area contributed by atoms with E-state index >= 15 is 0 Å². The van der Waals surface area contributed by atoms with Gasteiger partial charge >= 0.3 is 6.18 Å². The summed E-state index contributed by atoms with van der Waals surface area (Å²) in [4.78, 5) is 21.5. The molecule has 5 rings (SSSR count). The number of carbonyl (C=O) groups excluding carboxylic acids is 1. The zero-order chi connectivity index (χ0) is 25.6. The molecule has 0 unspecified atom stereocenters. The van der Waals surface area contributed by atoms with E-state index in [4.69, 9.17) is 27.7 Å². The normalized spacial score (nSPS) is 11.8. The Labute approximate surface area is 212 Å². The summed E-state index contributed by atoms with van der Waals surface area (Å²) in [5.74, 6) is -1.51. The number of aryl methyl sites for hydroxylation is 1. The lowest BCUT2D eigenvalue weighted by molar-refractivity contribution is -0.143. The highest BCUT2D eigenvalue weighted by molar-refractivity contribution is 6.35. The molecule has 0 bridgehead atoms. The Morgan fingerprint density at radius 3 is 2.50 bits per heavy atom. The van der Waals surface area contributed by atoms with Crippen LogP contribution in [0.3, 0.4) is 0 Å². The smallest absolute Gasteiger partial charge is 0.333 e. The van der Waals surface area contributed by atoms with E-state index in [0.29, 0.717) is 21.7 Å². The number of rotatable bonds is 5. The lowest BCUT2D eigenvalue weighted by Gasteiger charge is -2.15. The number of fused-ring (bicyclic) bond motifs is 1. The van der Waals surface area contributed by atoms with Gasteiger partial charge in [0.05, 0.1) is 5.56 Å². The maximum atomic E-state index is 14.6. The van der Waals surface area contributed by atoms with E-state index in [1.54, 1.807) is 37.3 Å². The molecule has 0 aliphatic rings. The molecule has 3 heterocycles. The third kappa shape index (κ3) is 4.36. The average molecular weight is 531 g/mol. The van der Waals surface area contributed by atoms with Crippen LogP contribution in [0.2, 0.25) is 10.0 Å². The van der Waals surface area contributed by atoms with Crippen LogP contribution in [0.25, 0.3) is 22.4 Å². The highest BCUT2D eigenvalue weighted by atomic mass is 35.5. The Kier molecular flexibility index (Phi) is 6.05. The number of alkyl halides is 3. The second-order valence-corrected chi connectivity index (χ2v) is 8.90. The molecule has 0 aliphatic carbocycles. The number of hydrogen-bond acceptors (Lipinski definition) is 5. The fraction of sp³-hybridized carbons (Fsp3) is 0.120. The molecule has 0 fully saturated rings.